The summed E-state index contributed by atoms with van der Waals surface area (Å²) in [6.07, 6.45) is 2.16. The number of ether oxygens (including phenoxy) is 3. The van der Waals surface area contributed by atoms with E-state index in [0.717, 1.165) is 11.1 Å². The first kappa shape index (κ1) is 29.3. The lowest BCUT2D eigenvalue weighted by Gasteiger charge is -2.19. The summed E-state index contributed by atoms with van der Waals surface area (Å²) in [6.45, 7) is 3.15. The fourth-order valence-electron chi connectivity index (χ4n) is 4.03. The molecule has 1 aliphatic heterocycles. The Hall–Kier alpha value is -5.22. The molecule has 0 atom stereocenters. The predicted molar refractivity (Wildman–Crippen MR) is 152 cm³/mol. The van der Waals surface area contributed by atoms with Crippen LogP contribution in [0.2, 0.25) is 0 Å². The number of aromatic hydroxyl groups is 1. The first-order valence-electron chi connectivity index (χ1n) is 12.9. The molecule has 218 valence electrons. The molecule has 2 aromatic carbocycles. The second-order valence-corrected chi connectivity index (χ2v) is 10.1. The lowest BCUT2D eigenvalue weighted by molar-refractivity contribution is 0.0525. The number of benzene rings is 2. The second kappa shape index (κ2) is 12.7. The van der Waals surface area contributed by atoms with Crippen molar-refractivity contribution in [1.29, 1.82) is 5.26 Å². The summed E-state index contributed by atoms with van der Waals surface area (Å²) in [7, 11) is 1.84. The van der Waals surface area contributed by atoms with E-state index in [0.29, 0.717) is 35.1 Å². The average Bonchev–Trinajstić information content (AvgIpc) is 3.44. The van der Waals surface area contributed by atoms with Gasteiger partial charge in [-0.25, -0.2) is 19.2 Å². The number of nitrogens with zero attached hydrogens (tertiary/aromatic N) is 5. The van der Waals surface area contributed by atoms with Gasteiger partial charge in [0.1, 0.15) is 16.6 Å². The Morgan fingerprint density at radius 2 is 1.93 bits per heavy atom. The summed E-state index contributed by atoms with van der Waals surface area (Å²) in [4.78, 5) is 27.1. The van der Waals surface area contributed by atoms with Crippen molar-refractivity contribution in [3.63, 3.8) is 0 Å². The molecule has 43 heavy (non-hydrogen) atoms. The van der Waals surface area contributed by atoms with Crippen molar-refractivity contribution < 1.29 is 32.9 Å². The molecule has 0 bridgehead atoms. The fraction of sp³-hybridized carbons (Fsp3) is 0.167. The van der Waals surface area contributed by atoms with Crippen molar-refractivity contribution in [2.24, 2.45) is 4.99 Å². The molecule has 10 nitrogen and oxygen atoms in total. The quantitative estimate of drug-likeness (QED) is 0.230. The lowest BCUT2D eigenvalue weighted by atomic mass is 10.1. The zero-order valence-electron chi connectivity index (χ0n) is 22.9. The Morgan fingerprint density at radius 3 is 2.63 bits per heavy atom. The maximum Gasteiger partial charge on any atom is 0.339 e. The standard InChI is InChI=1S/C30H23F2N5O5S/c1-3-40-30(39)18-5-9-25(35-15-18)43-19-6-8-23(20(13-19)28-34-10-11-37(28)2)41-27-21(31)16-36-29(26(27)32)42-24-12-17(14-33)4-7-22(24)38/h4-9,12-13,15-16,38H,3,10-11H2,1-2H3. The summed E-state index contributed by atoms with van der Waals surface area (Å²) in [6, 6.07) is 14.0. The number of halogens is 2. The number of amidine groups is 1. The molecule has 0 amide bonds. The topological polar surface area (TPSA) is 130 Å². The SMILES string of the molecule is CCOC(=O)c1ccc(Sc2ccc(Oc3c(F)cnc(Oc4cc(C#N)ccc4O)c3F)c(C3=NCCN3C)c2)nc1. The Bertz CT molecular complexity index is 1760. The number of rotatable bonds is 9. The molecule has 0 fully saturated rings. The maximum atomic E-state index is 15.5. The van der Waals surface area contributed by atoms with E-state index in [1.165, 1.54) is 36.2 Å². The molecule has 0 radical (unpaired) electrons. The second-order valence-electron chi connectivity index (χ2n) is 9.05. The molecule has 0 saturated heterocycles. The van der Waals surface area contributed by atoms with Crippen LogP contribution in [0.25, 0.3) is 0 Å². The van der Waals surface area contributed by atoms with Gasteiger partial charge in [-0.3, -0.25) is 4.99 Å². The third kappa shape index (κ3) is 6.49. The maximum absolute atomic E-state index is 15.5. The largest absolute Gasteiger partial charge is 0.504 e. The highest BCUT2D eigenvalue weighted by Gasteiger charge is 2.25. The van der Waals surface area contributed by atoms with Crippen LogP contribution in [0.15, 0.2) is 75.8 Å². The number of esters is 1. The highest BCUT2D eigenvalue weighted by molar-refractivity contribution is 7.99. The van der Waals surface area contributed by atoms with Crippen LogP contribution in [-0.4, -0.2) is 58.5 Å². The van der Waals surface area contributed by atoms with Crippen molar-refractivity contribution in [2.45, 2.75) is 16.8 Å². The van der Waals surface area contributed by atoms with Crippen molar-refractivity contribution in [3.05, 3.63) is 89.2 Å². The highest BCUT2D eigenvalue weighted by Crippen LogP contribution is 2.39. The fourth-order valence-corrected chi connectivity index (χ4v) is 4.83. The number of likely N-dealkylation sites (N-methyl/N-ethyl adjacent to an activating group) is 1. The zero-order chi connectivity index (χ0) is 30.5. The molecular formula is C30H23F2N5O5S. The van der Waals surface area contributed by atoms with Crippen LogP contribution >= 0.6 is 11.8 Å². The predicted octanol–water partition coefficient (Wildman–Crippen LogP) is 5.94. The van der Waals surface area contributed by atoms with E-state index in [9.17, 15) is 14.3 Å². The van der Waals surface area contributed by atoms with Crippen molar-refractivity contribution >= 4 is 23.6 Å². The molecular weight excluding hydrogens is 580 g/mol. The number of pyridine rings is 2. The number of hydrogen-bond donors (Lipinski definition) is 1. The number of phenolic OH excluding ortho intramolecular Hbond substituents is 1. The Balaban J connectivity index is 1.46. The van der Waals surface area contributed by atoms with E-state index in [1.54, 1.807) is 37.3 Å². The van der Waals surface area contributed by atoms with E-state index in [2.05, 4.69) is 15.0 Å². The molecule has 1 N–H and O–H groups in total. The van der Waals surface area contributed by atoms with Crippen LogP contribution in [0, 0.1) is 23.0 Å². The van der Waals surface area contributed by atoms with Crippen molar-refractivity contribution in [3.8, 4) is 34.9 Å². The minimum absolute atomic E-state index is 0.117. The average molecular weight is 604 g/mol. The summed E-state index contributed by atoms with van der Waals surface area (Å²) < 4.78 is 46.6. The Kier molecular flexibility index (Phi) is 8.68. The summed E-state index contributed by atoms with van der Waals surface area (Å²) in [5, 5.41) is 19.8. The summed E-state index contributed by atoms with van der Waals surface area (Å²) in [5.74, 6) is -4.17. The van der Waals surface area contributed by atoms with Crippen LogP contribution in [0.3, 0.4) is 0 Å². The van der Waals surface area contributed by atoms with Crippen LogP contribution < -0.4 is 9.47 Å². The van der Waals surface area contributed by atoms with Gasteiger partial charge in [-0.2, -0.15) is 9.65 Å². The molecule has 0 aliphatic carbocycles. The molecule has 0 unspecified atom stereocenters. The molecule has 4 aromatic rings. The Labute approximate surface area is 249 Å². The minimum atomic E-state index is -1.25. The smallest absolute Gasteiger partial charge is 0.339 e. The number of hydrogen-bond acceptors (Lipinski definition) is 11. The number of carbonyl (C=O) groups excluding carboxylic acids is 1. The van der Waals surface area contributed by atoms with E-state index >= 15 is 4.39 Å². The first-order valence-corrected chi connectivity index (χ1v) is 13.7. The summed E-state index contributed by atoms with van der Waals surface area (Å²) in [5.41, 5.74) is 0.960. The van der Waals surface area contributed by atoms with Gasteiger partial charge in [-0.1, -0.05) is 11.8 Å². The highest BCUT2D eigenvalue weighted by atomic mass is 32.2. The van der Waals surface area contributed by atoms with Crippen molar-refractivity contribution in [2.75, 3.05) is 26.7 Å². The van der Waals surface area contributed by atoms with Gasteiger partial charge in [0, 0.05) is 30.8 Å². The number of aliphatic imine (C=N–C) groups is 1. The minimum Gasteiger partial charge on any atom is -0.504 e. The van der Waals surface area contributed by atoms with E-state index in [4.69, 9.17) is 19.5 Å². The van der Waals surface area contributed by atoms with E-state index < -0.39 is 29.2 Å². The number of phenols is 1. The molecule has 1 aliphatic rings. The van der Waals surface area contributed by atoms with E-state index in [-0.39, 0.29) is 29.4 Å². The van der Waals surface area contributed by atoms with Crippen LogP contribution in [0.5, 0.6) is 28.9 Å². The van der Waals surface area contributed by atoms with Gasteiger partial charge >= 0.3 is 5.97 Å². The molecule has 2 aromatic heterocycles. The molecule has 0 saturated carbocycles. The van der Waals surface area contributed by atoms with Gasteiger partial charge < -0.3 is 24.2 Å². The summed E-state index contributed by atoms with van der Waals surface area (Å²) >= 11 is 1.31. The lowest BCUT2D eigenvalue weighted by Crippen LogP contribution is -2.24. The van der Waals surface area contributed by atoms with Gasteiger partial charge in [-0.05, 0) is 49.4 Å². The molecule has 0 spiro atoms. The Morgan fingerprint density at radius 1 is 1.09 bits per heavy atom. The molecule has 5 rings (SSSR count). The third-order valence-electron chi connectivity index (χ3n) is 6.13. The van der Waals surface area contributed by atoms with Crippen LogP contribution in [0.1, 0.15) is 28.4 Å². The normalized spacial score (nSPS) is 12.4. The van der Waals surface area contributed by atoms with Crippen LogP contribution in [-0.2, 0) is 4.74 Å². The molecule has 3 heterocycles. The third-order valence-corrected chi connectivity index (χ3v) is 7.07. The first-order chi connectivity index (χ1) is 20.8. The van der Waals surface area contributed by atoms with Gasteiger partial charge in [0.15, 0.2) is 17.3 Å². The molecule has 13 heteroatoms. The van der Waals surface area contributed by atoms with Gasteiger partial charge in [0.05, 0.1) is 42.1 Å². The van der Waals surface area contributed by atoms with Crippen LogP contribution in [0.4, 0.5) is 8.78 Å². The number of carbonyl (C=O) groups is 1. The monoisotopic (exact) mass is 603 g/mol. The van der Waals surface area contributed by atoms with Gasteiger partial charge in [0.25, 0.3) is 5.88 Å². The van der Waals surface area contributed by atoms with Gasteiger partial charge in [-0.15, -0.1) is 0 Å². The van der Waals surface area contributed by atoms with Gasteiger partial charge in [0.2, 0.25) is 11.6 Å². The van der Waals surface area contributed by atoms with Crippen molar-refractivity contribution in [1.82, 2.24) is 14.9 Å². The van der Waals surface area contributed by atoms with E-state index in [1.807, 2.05) is 18.0 Å². The zero-order valence-corrected chi connectivity index (χ0v) is 23.7. The number of nitriles is 1. The number of aromatic nitrogens is 2.